The molecular weight excluding hydrogens is 410 g/mol. The van der Waals surface area contributed by atoms with Gasteiger partial charge in [0.2, 0.25) is 17.7 Å². The molecule has 2 rings (SSSR count). The van der Waals surface area contributed by atoms with Crippen molar-refractivity contribution in [3.63, 3.8) is 0 Å². The average Bonchev–Trinajstić information content (AvgIpc) is 3.13. The third-order valence-corrected chi connectivity index (χ3v) is 6.78. The average molecular weight is 448 g/mol. The Morgan fingerprint density at radius 3 is 2.29 bits per heavy atom. The van der Waals surface area contributed by atoms with Crippen LogP contribution in [0, 0.1) is 17.3 Å². The molecule has 0 bridgehead atoms. The number of carbonyl (C=O) groups excluding carboxylic acids is 3. The van der Waals surface area contributed by atoms with E-state index in [1.165, 1.54) is 0 Å². The standard InChI is InChI=1S/C24H37N3O3S/c1-15(2)19(31)23(30)27-13-12-17(14-16-10-8-7-9-11-16)18(27)21(28)26-20(22(29)25-6)24(3,4)5/h7-11,15,17-20,31H,12-14H2,1-6H3,(H,25,29)(H,26,28)/t17-,18+,19+,20-/m1/s1. The van der Waals surface area contributed by atoms with Crippen LogP contribution in [0.5, 0.6) is 0 Å². The monoisotopic (exact) mass is 447 g/mol. The van der Waals surface area contributed by atoms with Gasteiger partial charge >= 0.3 is 0 Å². The minimum atomic E-state index is -0.697. The van der Waals surface area contributed by atoms with Crippen LogP contribution in [0.25, 0.3) is 0 Å². The molecule has 1 heterocycles. The van der Waals surface area contributed by atoms with E-state index < -0.39 is 22.7 Å². The van der Waals surface area contributed by atoms with Gasteiger partial charge in [-0.25, -0.2) is 0 Å². The molecule has 0 unspecified atom stereocenters. The second-order valence-corrected chi connectivity index (χ2v) is 10.4. The Labute approximate surface area is 191 Å². The molecule has 6 nitrogen and oxygen atoms in total. The summed E-state index contributed by atoms with van der Waals surface area (Å²) in [6.45, 7) is 10.1. The zero-order chi connectivity index (χ0) is 23.3. The zero-order valence-corrected chi connectivity index (χ0v) is 20.4. The van der Waals surface area contributed by atoms with Crippen molar-refractivity contribution in [2.75, 3.05) is 13.6 Å². The van der Waals surface area contributed by atoms with Crippen molar-refractivity contribution in [1.29, 1.82) is 0 Å². The Morgan fingerprint density at radius 2 is 1.77 bits per heavy atom. The van der Waals surface area contributed by atoms with Crippen LogP contribution in [0.4, 0.5) is 0 Å². The molecule has 1 aromatic rings. The molecule has 1 aliphatic heterocycles. The van der Waals surface area contributed by atoms with Gasteiger partial charge in [-0.15, -0.1) is 0 Å². The van der Waals surface area contributed by atoms with Gasteiger partial charge in [0.1, 0.15) is 12.1 Å². The van der Waals surface area contributed by atoms with Crippen LogP contribution in [0.15, 0.2) is 30.3 Å². The van der Waals surface area contributed by atoms with Gasteiger partial charge in [-0.3, -0.25) is 14.4 Å². The summed E-state index contributed by atoms with van der Waals surface area (Å²) in [5.41, 5.74) is 0.659. The highest BCUT2D eigenvalue weighted by Crippen LogP contribution is 2.31. The maximum atomic E-state index is 13.5. The quantitative estimate of drug-likeness (QED) is 0.563. The van der Waals surface area contributed by atoms with E-state index in [9.17, 15) is 14.4 Å². The van der Waals surface area contributed by atoms with Crippen molar-refractivity contribution in [1.82, 2.24) is 15.5 Å². The lowest BCUT2D eigenvalue weighted by atomic mass is 9.85. The molecule has 0 radical (unpaired) electrons. The van der Waals surface area contributed by atoms with Gasteiger partial charge in [-0.2, -0.15) is 12.6 Å². The Bertz CT molecular complexity index is 776. The van der Waals surface area contributed by atoms with E-state index in [1.54, 1.807) is 11.9 Å². The second kappa shape index (κ2) is 10.5. The van der Waals surface area contributed by atoms with E-state index in [0.717, 1.165) is 12.0 Å². The number of carbonyl (C=O) groups is 3. The fourth-order valence-electron chi connectivity index (χ4n) is 4.09. The predicted octanol–water partition coefficient (Wildman–Crippen LogP) is 2.68. The molecule has 1 saturated heterocycles. The molecule has 1 aliphatic rings. The van der Waals surface area contributed by atoms with Crippen LogP contribution in [-0.4, -0.2) is 53.5 Å². The third-order valence-electron chi connectivity index (χ3n) is 5.96. The van der Waals surface area contributed by atoms with Crippen molar-refractivity contribution in [2.24, 2.45) is 17.3 Å². The van der Waals surface area contributed by atoms with Crippen molar-refractivity contribution in [2.45, 2.75) is 64.8 Å². The van der Waals surface area contributed by atoms with Crippen LogP contribution in [0.3, 0.4) is 0 Å². The minimum Gasteiger partial charge on any atom is -0.357 e. The summed E-state index contributed by atoms with van der Waals surface area (Å²) in [7, 11) is 1.56. The van der Waals surface area contributed by atoms with Crippen LogP contribution in [-0.2, 0) is 20.8 Å². The SMILES string of the molecule is CNC(=O)[C@@H](NC(=O)[C@@H]1[C@@H](Cc2ccccc2)CCN1C(=O)[C@@H](S)C(C)C)C(C)(C)C. The molecule has 4 atom stereocenters. The summed E-state index contributed by atoms with van der Waals surface area (Å²) in [6, 6.07) is 8.67. The topological polar surface area (TPSA) is 78.5 Å². The summed E-state index contributed by atoms with van der Waals surface area (Å²) >= 11 is 4.51. The first-order valence-corrected chi connectivity index (χ1v) is 11.5. The molecule has 172 valence electrons. The summed E-state index contributed by atoms with van der Waals surface area (Å²) in [6.07, 6.45) is 1.43. The highest BCUT2D eigenvalue weighted by molar-refractivity contribution is 7.81. The lowest BCUT2D eigenvalue weighted by Gasteiger charge is -2.34. The number of rotatable bonds is 7. The highest BCUT2D eigenvalue weighted by Gasteiger charge is 2.45. The molecule has 3 amide bonds. The van der Waals surface area contributed by atoms with Crippen molar-refractivity contribution in [3.05, 3.63) is 35.9 Å². The first-order valence-electron chi connectivity index (χ1n) is 11.0. The lowest BCUT2D eigenvalue weighted by Crippen LogP contribution is -2.59. The maximum absolute atomic E-state index is 13.5. The van der Waals surface area contributed by atoms with E-state index in [4.69, 9.17) is 0 Å². The van der Waals surface area contributed by atoms with Crippen LogP contribution < -0.4 is 10.6 Å². The number of hydrogen-bond acceptors (Lipinski definition) is 4. The number of thiol groups is 1. The van der Waals surface area contributed by atoms with Crippen LogP contribution in [0.2, 0.25) is 0 Å². The number of amides is 3. The van der Waals surface area contributed by atoms with Crippen LogP contribution >= 0.6 is 12.6 Å². The zero-order valence-electron chi connectivity index (χ0n) is 19.5. The summed E-state index contributed by atoms with van der Waals surface area (Å²) in [5.74, 6) is -0.614. The number of likely N-dealkylation sites (N-methyl/N-ethyl adjacent to an activating group) is 1. The number of hydrogen-bond donors (Lipinski definition) is 3. The fourth-order valence-corrected chi connectivity index (χ4v) is 4.24. The minimum absolute atomic E-state index is 0.0237. The van der Waals surface area contributed by atoms with Gasteiger partial charge in [-0.05, 0) is 35.7 Å². The molecular formula is C24H37N3O3S. The first kappa shape index (κ1) is 25.2. The van der Waals surface area contributed by atoms with Crippen molar-refractivity contribution < 1.29 is 14.4 Å². The first-order chi connectivity index (χ1) is 14.5. The van der Waals surface area contributed by atoms with Gasteiger partial charge in [0.05, 0.1) is 5.25 Å². The van der Waals surface area contributed by atoms with Gasteiger partial charge in [0.25, 0.3) is 0 Å². The Morgan fingerprint density at radius 1 is 1.16 bits per heavy atom. The molecule has 31 heavy (non-hydrogen) atoms. The summed E-state index contributed by atoms with van der Waals surface area (Å²) in [4.78, 5) is 40.8. The molecule has 0 spiro atoms. The van der Waals surface area contributed by atoms with Crippen LogP contribution in [0.1, 0.15) is 46.6 Å². The van der Waals surface area contributed by atoms with E-state index in [0.29, 0.717) is 13.0 Å². The summed E-state index contributed by atoms with van der Waals surface area (Å²) in [5, 5.41) is 5.12. The number of nitrogens with one attached hydrogen (secondary N) is 2. The van der Waals surface area contributed by atoms with E-state index in [-0.39, 0.29) is 29.6 Å². The molecule has 7 heteroatoms. The Kier molecular flexibility index (Phi) is 8.57. The molecule has 2 N–H and O–H groups in total. The molecule has 0 aliphatic carbocycles. The normalized spacial score (nSPS) is 21.0. The lowest BCUT2D eigenvalue weighted by molar-refractivity contribution is -0.141. The fraction of sp³-hybridized carbons (Fsp3) is 0.625. The Balaban J connectivity index is 2.33. The van der Waals surface area contributed by atoms with E-state index >= 15 is 0 Å². The van der Waals surface area contributed by atoms with Crippen molar-refractivity contribution in [3.8, 4) is 0 Å². The number of nitrogens with zero attached hydrogens (tertiary/aromatic N) is 1. The predicted molar refractivity (Wildman–Crippen MR) is 127 cm³/mol. The smallest absolute Gasteiger partial charge is 0.243 e. The van der Waals surface area contributed by atoms with Gasteiger partial charge in [-0.1, -0.05) is 65.0 Å². The Hall–Kier alpha value is -2.02. The van der Waals surface area contributed by atoms with E-state index in [2.05, 4.69) is 23.3 Å². The molecule has 1 aromatic carbocycles. The van der Waals surface area contributed by atoms with Gasteiger partial charge in [0.15, 0.2) is 0 Å². The van der Waals surface area contributed by atoms with E-state index in [1.807, 2.05) is 65.0 Å². The number of likely N-dealkylation sites (tertiary alicyclic amines) is 1. The molecule has 1 fully saturated rings. The summed E-state index contributed by atoms with van der Waals surface area (Å²) < 4.78 is 0. The largest absolute Gasteiger partial charge is 0.357 e. The van der Waals surface area contributed by atoms with Gasteiger partial charge < -0.3 is 15.5 Å². The molecule has 0 saturated carbocycles. The van der Waals surface area contributed by atoms with Crippen molar-refractivity contribution >= 4 is 30.4 Å². The number of benzene rings is 1. The second-order valence-electron chi connectivity index (χ2n) is 9.83. The third kappa shape index (κ3) is 6.25. The highest BCUT2D eigenvalue weighted by atomic mass is 32.1. The maximum Gasteiger partial charge on any atom is 0.243 e. The molecule has 0 aromatic heterocycles. The van der Waals surface area contributed by atoms with Gasteiger partial charge in [0, 0.05) is 13.6 Å².